The van der Waals surface area contributed by atoms with Crippen LogP contribution in [0.25, 0.3) is 0 Å². The van der Waals surface area contributed by atoms with Crippen LogP contribution < -0.4 is 15.2 Å². The summed E-state index contributed by atoms with van der Waals surface area (Å²) in [5.41, 5.74) is 6.79. The molecule has 1 unspecified atom stereocenters. The summed E-state index contributed by atoms with van der Waals surface area (Å²) < 4.78 is 11.0. The molecule has 1 aromatic carbocycles. The molecule has 0 aromatic heterocycles. The highest BCUT2D eigenvalue weighted by Gasteiger charge is 2.30. The van der Waals surface area contributed by atoms with E-state index in [0.717, 1.165) is 11.3 Å². The van der Waals surface area contributed by atoms with Gasteiger partial charge < -0.3 is 15.2 Å². The first-order valence-corrected chi connectivity index (χ1v) is 8.53. The fourth-order valence-electron chi connectivity index (χ4n) is 2.62. The summed E-state index contributed by atoms with van der Waals surface area (Å²) in [5, 5.41) is 0. The molecule has 0 fully saturated rings. The van der Waals surface area contributed by atoms with Crippen LogP contribution in [0.3, 0.4) is 0 Å². The first-order chi connectivity index (χ1) is 12.4. The fraction of sp³-hybridized carbons (Fsp3) is 0.421. The number of benzene rings is 1. The Balaban J connectivity index is 2.08. The van der Waals surface area contributed by atoms with E-state index < -0.39 is 18.0 Å². The first kappa shape index (κ1) is 19.7. The Hall–Kier alpha value is -2.67. The van der Waals surface area contributed by atoms with Crippen molar-refractivity contribution >= 4 is 18.0 Å². The summed E-state index contributed by atoms with van der Waals surface area (Å²) in [6.07, 6.45) is 4.18. The number of hydrogen-bond donors (Lipinski definition) is 1. The molecule has 0 saturated carbocycles. The molecule has 7 nitrogen and oxygen atoms in total. The highest BCUT2D eigenvalue weighted by Crippen LogP contribution is 2.26. The number of carbonyl (C=O) groups is 2. The Kier molecular flexibility index (Phi) is 6.52. The average molecular weight is 359 g/mol. The second-order valence-corrected chi connectivity index (χ2v) is 6.10. The predicted octanol–water partition coefficient (Wildman–Crippen LogP) is 2.18. The number of amides is 2. The Labute approximate surface area is 153 Å². The predicted molar refractivity (Wildman–Crippen MR) is 99.1 cm³/mol. The van der Waals surface area contributed by atoms with Gasteiger partial charge in [-0.05, 0) is 37.5 Å². The molecule has 140 valence electrons. The Bertz CT molecular complexity index is 742. The van der Waals surface area contributed by atoms with Crippen molar-refractivity contribution in [2.24, 2.45) is 10.7 Å². The highest BCUT2D eigenvalue weighted by molar-refractivity contribution is 5.99. The molecule has 2 N–H and O–H groups in total. The Morgan fingerprint density at radius 1 is 1.42 bits per heavy atom. The van der Waals surface area contributed by atoms with E-state index in [1.165, 1.54) is 11.8 Å². The minimum Gasteiger partial charge on any atom is -0.496 e. The summed E-state index contributed by atoms with van der Waals surface area (Å²) in [6, 6.07) is 4.34. The van der Waals surface area contributed by atoms with Crippen LogP contribution in [0, 0.1) is 6.92 Å². The third-order valence-corrected chi connectivity index (χ3v) is 4.18. The average Bonchev–Trinajstić information content (AvgIpc) is 2.63. The molecule has 0 bridgehead atoms. The van der Waals surface area contributed by atoms with Gasteiger partial charge in [0, 0.05) is 19.2 Å². The number of hydrogen-bond acceptors (Lipinski definition) is 6. The molecule has 1 aliphatic rings. The van der Waals surface area contributed by atoms with E-state index in [1.54, 1.807) is 32.4 Å². The van der Waals surface area contributed by atoms with E-state index in [-0.39, 0.29) is 5.91 Å². The maximum absolute atomic E-state index is 12.3. The molecule has 1 heterocycles. The van der Waals surface area contributed by atoms with Crippen LogP contribution in [0.2, 0.25) is 0 Å². The van der Waals surface area contributed by atoms with Crippen molar-refractivity contribution in [3.8, 4) is 11.5 Å². The van der Waals surface area contributed by atoms with Crippen LogP contribution in [0.4, 0.5) is 0 Å². The van der Waals surface area contributed by atoms with Gasteiger partial charge in [-0.15, -0.1) is 0 Å². The van der Waals surface area contributed by atoms with E-state index in [4.69, 9.17) is 15.2 Å². The van der Waals surface area contributed by atoms with Gasteiger partial charge in [-0.3, -0.25) is 14.5 Å². The number of imide groups is 1. The van der Waals surface area contributed by atoms with Crippen LogP contribution in [0.1, 0.15) is 32.3 Å². The molecule has 2 amide bonds. The highest BCUT2D eigenvalue weighted by atomic mass is 16.5. The van der Waals surface area contributed by atoms with Crippen LogP contribution in [-0.4, -0.2) is 42.1 Å². The van der Waals surface area contributed by atoms with E-state index in [1.807, 2.05) is 19.1 Å². The molecule has 0 spiro atoms. The fourth-order valence-corrected chi connectivity index (χ4v) is 2.62. The summed E-state index contributed by atoms with van der Waals surface area (Å²) >= 11 is 0. The number of aryl methyl sites for hydroxylation is 1. The van der Waals surface area contributed by atoms with Gasteiger partial charge in [0.2, 0.25) is 17.7 Å². The van der Waals surface area contributed by atoms with Crippen molar-refractivity contribution in [1.29, 1.82) is 0 Å². The van der Waals surface area contributed by atoms with Crippen molar-refractivity contribution in [2.45, 2.75) is 45.7 Å². The smallest absolute Gasteiger partial charge is 0.246 e. The molecule has 1 aliphatic heterocycles. The lowest BCUT2D eigenvalue weighted by Gasteiger charge is -2.29. The van der Waals surface area contributed by atoms with Crippen molar-refractivity contribution in [3.63, 3.8) is 0 Å². The lowest BCUT2D eigenvalue weighted by molar-refractivity contribution is -0.145. The second-order valence-electron chi connectivity index (χ2n) is 6.10. The molecule has 2 atom stereocenters. The van der Waals surface area contributed by atoms with Crippen LogP contribution in [0.15, 0.2) is 35.2 Å². The SMILES string of the molecule is CC[C@@H](N)C(=O)N(C(C)=O)C1C=NC(Oc2ccc(C)c(OC)c2)=CC1. The third-order valence-electron chi connectivity index (χ3n) is 4.18. The minimum absolute atomic E-state index is 0.351. The molecule has 1 aromatic rings. The van der Waals surface area contributed by atoms with Crippen LogP contribution >= 0.6 is 0 Å². The van der Waals surface area contributed by atoms with Gasteiger partial charge in [0.15, 0.2) is 0 Å². The summed E-state index contributed by atoms with van der Waals surface area (Å²) in [5.74, 6) is 0.987. The zero-order valence-corrected chi connectivity index (χ0v) is 15.6. The monoisotopic (exact) mass is 359 g/mol. The molecule has 2 rings (SSSR count). The van der Waals surface area contributed by atoms with E-state index in [9.17, 15) is 9.59 Å². The van der Waals surface area contributed by atoms with Crippen LogP contribution in [0.5, 0.6) is 11.5 Å². The summed E-state index contributed by atoms with van der Waals surface area (Å²) in [4.78, 5) is 29.7. The largest absolute Gasteiger partial charge is 0.496 e. The lowest BCUT2D eigenvalue weighted by atomic mass is 10.1. The molecule has 26 heavy (non-hydrogen) atoms. The zero-order chi connectivity index (χ0) is 19.3. The van der Waals surface area contributed by atoms with Gasteiger partial charge >= 0.3 is 0 Å². The molecular formula is C19H25N3O4. The molecular weight excluding hydrogens is 334 g/mol. The van der Waals surface area contributed by atoms with E-state index in [0.29, 0.717) is 24.5 Å². The minimum atomic E-state index is -0.700. The number of carbonyl (C=O) groups excluding carboxylic acids is 2. The van der Waals surface area contributed by atoms with Crippen molar-refractivity contribution in [1.82, 2.24) is 4.90 Å². The van der Waals surface area contributed by atoms with E-state index >= 15 is 0 Å². The summed E-state index contributed by atoms with van der Waals surface area (Å²) in [6.45, 7) is 5.10. The van der Waals surface area contributed by atoms with Gasteiger partial charge in [-0.2, -0.15) is 0 Å². The standard InChI is InChI=1S/C19H25N3O4/c1-5-16(20)19(24)22(13(3)23)14-7-9-18(21-11-14)26-15-8-6-12(2)17(10-15)25-4/h6,8-11,14,16H,5,7,20H2,1-4H3/t14?,16-/m1/s1. The van der Waals surface area contributed by atoms with Gasteiger partial charge in [0.05, 0.1) is 19.2 Å². The van der Waals surface area contributed by atoms with Gasteiger partial charge in [-0.1, -0.05) is 13.0 Å². The molecule has 0 saturated heterocycles. The lowest BCUT2D eigenvalue weighted by Crippen LogP contribution is -2.51. The maximum Gasteiger partial charge on any atom is 0.246 e. The number of methoxy groups -OCH3 is 1. The topological polar surface area (TPSA) is 94.2 Å². The van der Waals surface area contributed by atoms with Gasteiger partial charge in [0.1, 0.15) is 11.5 Å². The van der Waals surface area contributed by atoms with Crippen LogP contribution in [-0.2, 0) is 9.59 Å². The van der Waals surface area contributed by atoms with Gasteiger partial charge in [0.25, 0.3) is 0 Å². The molecule has 0 radical (unpaired) electrons. The first-order valence-electron chi connectivity index (χ1n) is 8.53. The zero-order valence-electron chi connectivity index (χ0n) is 15.6. The quantitative estimate of drug-likeness (QED) is 0.840. The number of aliphatic imine (C=N–C) groups is 1. The summed E-state index contributed by atoms with van der Waals surface area (Å²) in [7, 11) is 1.60. The molecule has 7 heteroatoms. The molecule has 0 aliphatic carbocycles. The van der Waals surface area contributed by atoms with Crippen molar-refractivity contribution in [3.05, 3.63) is 35.7 Å². The number of nitrogens with two attached hydrogens (primary N) is 1. The Morgan fingerprint density at radius 2 is 2.15 bits per heavy atom. The maximum atomic E-state index is 12.3. The van der Waals surface area contributed by atoms with E-state index in [2.05, 4.69) is 4.99 Å². The number of nitrogens with zero attached hydrogens (tertiary/aromatic N) is 2. The van der Waals surface area contributed by atoms with Gasteiger partial charge in [-0.25, -0.2) is 4.99 Å². The number of rotatable bonds is 6. The third kappa shape index (κ3) is 4.49. The van der Waals surface area contributed by atoms with Crippen molar-refractivity contribution < 1.29 is 19.1 Å². The van der Waals surface area contributed by atoms with Crippen molar-refractivity contribution in [2.75, 3.05) is 7.11 Å². The normalized spacial score (nSPS) is 17.3. The second kappa shape index (κ2) is 8.62. The number of ether oxygens (including phenoxy) is 2. The Morgan fingerprint density at radius 3 is 2.69 bits per heavy atom.